The molecule has 0 aliphatic rings. The number of allylic oxidation sites excluding steroid dienone is 6. The summed E-state index contributed by atoms with van der Waals surface area (Å²) >= 11 is 0. The van der Waals surface area contributed by atoms with E-state index in [-0.39, 0.29) is 31.1 Å². The van der Waals surface area contributed by atoms with Gasteiger partial charge in [-0.2, -0.15) is 0 Å². The lowest BCUT2D eigenvalue weighted by Crippen LogP contribution is -2.30. The summed E-state index contributed by atoms with van der Waals surface area (Å²) in [7, 11) is 0. The van der Waals surface area contributed by atoms with Crippen LogP contribution in [0.3, 0.4) is 0 Å². The first-order valence-electron chi connectivity index (χ1n) is 29.5. The molecule has 0 saturated heterocycles. The van der Waals surface area contributed by atoms with Gasteiger partial charge >= 0.3 is 17.9 Å². The molecule has 0 aromatic rings. The Balaban J connectivity index is 4.34. The number of rotatable bonds is 54. The quantitative estimate of drug-likeness (QED) is 0.0262. The molecule has 0 aromatic heterocycles. The zero-order valence-corrected chi connectivity index (χ0v) is 44.9. The summed E-state index contributed by atoms with van der Waals surface area (Å²) < 4.78 is 16.9. The Hall–Kier alpha value is -2.37. The van der Waals surface area contributed by atoms with Crippen LogP contribution in [0.5, 0.6) is 0 Å². The molecular weight excluding hydrogens is 829 g/mol. The zero-order valence-electron chi connectivity index (χ0n) is 44.9. The molecule has 0 aliphatic heterocycles. The number of hydrogen-bond acceptors (Lipinski definition) is 6. The van der Waals surface area contributed by atoms with E-state index >= 15 is 0 Å². The summed E-state index contributed by atoms with van der Waals surface area (Å²) in [5, 5.41) is 0. The maximum atomic E-state index is 12.9. The van der Waals surface area contributed by atoms with Crippen molar-refractivity contribution in [2.24, 2.45) is 0 Å². The summed E-state index contributed by atoms with van der Waals surface area (Å²) in [5.41, 5.74) is 0. The number of esters is 3. The predicted molar refractivity (Wildman–Crippen MR) is 289 cm³/mol. The van der Waals surface area contributed by atoms with E-state index in [9.17, 15) is 14.4 Å². The van der Waals surface area contributed by atoms with Crippen LogP contribution >= 0.6 is 0 Å². The highest BCUT2D eigenvalue weighted by molar-refractivity contribution is 5.71. The molecule has 6 nitrogen and oxygen atoms in total. The van der Waals surface area contributed by atoms with Crippen LogP contribution in [0.15, 0.2) is 36.5 Å². The highest BCUT2D eigenvalue weighted by Gasteiger charge is 2.19. The molecule has 0 heterocycles. The first-order valence-corrected chi connectivity index (χ1v) is 29.5. The van der Waals surface area contributed by atoms with Crippen molar-refractivity contribution < 1.29 is 28.6 Å². The zero-order chi connectivity index (χ0) is 48.6. The van der Waals surface area contributed by atoms with E-state index in [1.54, 1.807) is 0 Å². The van der Waals surface area contributed by atoms with Crippen LogP contribution in [0.2, 0.25) is 0 Å². The molecule has 0 fully saturated rings. The second-order valence-electron chi connectivity index (χ2n) is 19.9. The van der Waals surface area contributed by atoms with Gasteiger partial charge in [0.1, 0.15) is 13.2 Å². The average Bonchev–Trinajstić information content (AvgIpc) is 3.33. The van der Waals surface area contributed by atoms with E-state index in [4.69, 9.17) is 14.2 Å². The molecule has 0 saturated carbocycles. The van der Waals surface area contributed by atoms with Gasteiger partial charge in [-0.1, -0.05) is 282 Å². The number of hydrogen-bond donors (Lipinski definition) is 0. The van der Waals surface area contributed by atoms with Crippen molar-refractivity contribution in [1.82, 2.24) is 0 Å². The Morgan fingerprint density at radius 2 is 0.582 bits per heavy atom. The van der Waals surface area contributed by atoms with Crippen LogP contribution in [0, 0.1) is 0 Å². The average molecular weight is 942 g/mol. The molecule has 392 valence electrons. The van der Waals surface area contributed by atoms with Gasteiger partial charge in [0.15, 0.2) is 6.10 Å². The molecule has 0 radical (unpaired) electrons. The van der Waals surface area contributed by atoms with Gasteiger partial charge in [0.25, 0.3) is 0 Å². The fourth-order valence-corrected chi connectivity index (χ4v) is 8.75. The number of carbonyl (C=O) groups is 3. The van der Waals surface area contributed by atoms with Crippen LogP contribution in [0.25, 0.3) is 0 Å². The van der Waals surface area contributed by atoms with E-state index in [0.717, 1.165) is 83.5 Å². The normalized spacial score (nSPS) is 12.2. The molecule has 67 heavy (non-hydrogen) atoms. The van der Waals surface area contributed by atoms with Gasteiger partial charge in [-0.05, 0) is 51.4 Å². The molecule has 0 spiro atoms. The monoisotopic (exact) mass is 941 g/mol. The smallest absolute Gasteiger partial charge is 0.306 e. The summed E-state index contributed by atoms with van der Waals surface area (Å²) in [6, 6.07) is 0. The Morgan fingerprint density at radius 1 is 0.313 bits per heavy atom. The van der Waals surface area contributed by atoms with Crippen molar-refractivity contribution in [3.63, 3.8) is 0 Å². The molecule has 0 N–H and O–H groups in total. The predicted octanol–water partition coefficient (Wildman–Crippen LogP) is 19.7. The summed E-state index contributed by atoms with van der Waals surface area (Å²) in [6.45, 7) is 6.57. The number of unbranched alkanes of at least 4 members (excludes halogenated alkanes) is 37. The van der Waals surface area contributed by atoms with Crippen LogP contribution in [0.1, 0.15) is 316 Å². The molecule has 6 heteroatoms. The van der Waals surface area contributed by atoms with Crippen LogP contribution in [-0.4, -0.2) is 37.2 Å². The topological polar surface area (TPSA) is 78.9 Å². The van der Waals surface area contributed by atoms with Crippen molar-refractivity contribution in [2.45, 2.75) is 322 Å². The molecule has 0 rings (SSSR count). The maximum Gasteiger partial charge on any atom is 0.306 e. The van der Waals surface area contributed by atoms with Crippen molar-refractivity contribution in [2.75, 3.05) is 13.2 Å². The summed E-state index contributed by atoms with van der Waals surface area (Å²) in [5.74, 6) is -0.864. The van der Waals surface area contributed by atoms with E-state index in [0.29, 0.717) is 19.3 Å². The minimum atomic E-state index is -0.775. The first-order chi connectivity index (χ1) is 33.0. The second-order valence-corrected chi connectivity index (χ2v) is 19.9. The van der Waals surface area contributed by atoms with Crippen molar-refractivity contribution >= 4 is 17.9 Å². The Bertz CT molecular complexity index is 1130. The third-order valence-corrected chi connectivity index (χ3v) is 13.2. The van der Waals surface area contributed by atoms with Crippen LogP contribution in [0.4, 0.5) is 0 Å². The summed E-state index contributed by atoms with van der Waals surface area (Å²) in [6.07, 6.45) is 67.1. The lowest BCUT2D eigenvalue weighted by Gasteiger charge is -2.18. The van der Waals surface area contributed by atoms with Gasteiger partial charge in [-0.25, -0.2) is 0 Å². The Kier molecular flexibility index (Phi) is 54.2. The Labute approximate surface area is 416 Å². The molecule has 0 amide bonds. The lowest BCUT2D eigenvalue weighted by molar-refractivity contribution is -0.167. The van der Waals surface area contributed by atoms with E-state index in [1.165, 1.54) is 193 Å². The third-order valence-electron chi connectivity index (χ3n) is 13.2. The molecule has 1 atom stereocenters. The standard InChI is InChI=1S/C61H112O6/c1-4-7-10-13-16-19-22-25-28-30-31-34-36-39-42-45-48-51-54-60(63)66-57-58(56-65-59(62)53-50-47-44-41-38-35-32-27-24-21-18-15-12-9-6-3)67-61(64)55-52-49-46-43-40-37-33-29-26-23-20-17-14-11-8-5-2/h8,11,17,20,26,29,58H,4-7,9-10,12-16,18-19,21-25,27-28,30-57H2,1-3H3/b11-8-,20-17-,29-26-. The van der Waals surface area contributed by atoms with Crippen molar-refractivity contribution in [3.05, 3.63) is 36.5 Å². The van der Waals surface area contributed by atoms with Gasteiger partial charge in [-0.3, -0.25) is 14.4 Å². The highest BCUT2D eigenvalue weighted by atomic mass is 16.6. The molecular formula is C61H112O6. The van der Waals surface area contributed by atoms with E-state index < -0.39 is 6.10 Å². The van der Waals surface area contributed by atoms with Crippen LogP contribution < -0.4 is 0 Å². The molecule has 1 unspecified atom stereocenters. The van der Waals surface area contributed by atoms with Gasteiger partial charge in [0, 0.05) is 19.3 Å². The number of ether oxygens (including phenoxy) is 3. The third kappa shape index (κ3) is 54.4. The second kappa shape index (κ2) is 56.2. The van der Waals surface area contributed by atoms with E-state index in [1.807, 2.05) is 0 Å². The fraction of sp³-hybridized carbons (Fsp3) is 0.852. The fourth-order valence-electron chi connectivity index (χ4n) is 8.75. The molecule has 0 aromatic carbocycles. The largest absolute Gasteiger partial charge is 0.462 e. The SMILES string of the molecule is CC/C=C\C/C=C\C/C=C\CCCCCCCCC(=O)OC(COC(=O)CCCCCCCCCCCCCCCCC)COC(=O)CCCCCCCCCCCCCCCCCCCC. The van der Waals surface area contributed by atoms with Gasteiger partial charge in [0.2, 0.25) is 0 Å². The summed E-state index contributed by atoms with van der Waals surface area (Å²) in [4.78, 5) is 38.2. The van der Waals surface area contributed by atoms with E-state index in [2.05, 4.69) is 57.2 Å². The molecule has 0 bridgehead atoms. The van der Waals surface area contributed by atoms with Gasteiger partial charge in [0.05, 0.1) is 0 Å². The number of carbonyl (C=O) groups excluding carboxylic acids is 3. The lowest BCUT2D eigenvalue weighted by atomic mass is 10.0. The minimum Gasteiger partial charge on any atom is -0.462 e. The first kappa shape index (κ1) is 64.6. The van der Waals surface area contributed by atoms with Gasteiger partial charge < -0.3 is 14.2 Å². The van der Waals surface area contributed by atoms with Crippen LogP contribution in [-0.2, 0) is 28.6 Å². The van der Waals surface area contributed by atoms with Crippen molar-refractivity contribution in [3.8, 4) is 0 Å². The maximum absolute atomic E-state index is 12.9. The minimum absolute atomic E-state index is 0.0725. The highest BCUT2D eigenvalue weighted by Crippen LogP contribution is 2.17. The van der Waals surface area contributed by atoms with Crippen molar-refractivity contribution in [1.29, 1.82) is 0 Å². The molecule has 0 aliphatic carbocycles. The van der Waals surface area contributed by atoms with Gasteiger partial charge in [-0.15, -0.1) is 0 Å². The Morgan fingerprint density at radius 3 is 0.910 bits per heavy atom.